The van der Waals surface area contributed by atoms with Gasteiger partial charge in [0.25, 0.3) is 0 Å². The lowest BCUT2D eigenvalue weighted by atomic mass is 10.2. The third-order valence-corrected chi connectivity index (χ3v) is 6.60. The summed E-state index contributed by atoms with van der Waals surface area (Å²) in [5.74, 6) is 0.978. The van der Waals surface area contributed by atoms with Crippen LogP contribution >= 0.6 is 0 Å². The number of piperazine rings is 1. The summed E-state index contributed by atoms with van der Waals surface area (Å²) >= 11 is 0. The Morgan fingerprint density at radius 3 is 2.56 bits per heavy atom. The molecule has 2 fully saturated rings. The lowest BCUT2D eigenvalue weighted by molar-refractivity contribution is -0.131. The van der Waals surface area contributed by atoms with Gasteiger partial charge < -0.3 is 20.0 Å². The van der Waals surface area contributed by atoms with Gasteiger partial charge >= 0.3 is 0 Å². The van der Waals surface area contributed by atoms with Crippen LogP contribution in [0.25, 0.3) is 11.3 Å². The van der Waals surface area contributed by atoms with Gasteiger partial charge in [0.05, 0.1) is 18.3 Å². The van der Waals surface area contributed by atoms with Gasteiger partial charge in [-0.1, -0.05) is 13.5 Å². The van der Waals surface area contributed by atoms with Crippen LogP contribution in [-0.4, -0.2) is 70.8 Å². The maximum absolute atomic E-state index is 13.6. The number of halogens is 1. The highest BCUT2D eigenvalue weighted by Crippen LogP contribution is 2.26. The van der Waals surface area contributed by atoms with E-state index in [9.17, 15) is 9.18 Å². The highest BCUT2D eigenvalue weighted by molar-refractivity contribution is 5.82. The molecule has 0 saturated carbocycles. The van der Waals surface area contributed by atoms with Crippen molar-refractivity contribution >= 4 is 34.4 Å². The standard InChI is InChI=1S/C25H30FN7O/c1-3-24(34)31-14-12-30(13-15-31)21-6-4-20(5-7-21)28-18(2)22-16-27-33-11-9-23(29-25(22)33)32-10-8-19(26)17-32/h4-7,9,11,16,19,28H,2-3,8,10,12-15,17H2,1H3. The van der Waals surface area contributed by atoms with Crippen LogP contribution < -0.4 is 15.1 Å². The van der Waals surface area contributed by atoms with Gasteiger partial charge in [0.15, 0.2) is 5.65 Å². The number of hydrogen-bond donors (Lipinski definition) is 1. The molecule has 2 saturated heterocycles. The lowest BCUT2D eigenvalue weighted by Crippen LogP contribution is -2.48. The Balaban J connectivity index is 1.25. The zero-order valence-electron chi connectivity index (χ0n) is 19.5. The second-order valence-electron chi connectivity index (χ2n) is 8.82. The van der Waals surface area contributed by atoms with E-state index < -0.39 is 6.17 Å². The summed E-state index contributed by atoms with van der Waals surface area (Å²) in [5, 5.41) is 7.75. The molecule has 9 heteroatoms. The van der Waals surface area contributed by atoms with Gasteiger partial charge in [0, 0.05) is 62.4 Å². The van der Waals surface area contributed by atoms with E-state index in [2.05, 4.69) is 34.0 Å². The Bertz CT molecular complexity index is 1180. The van der Waals surface area contributed by atoms with Gasteiger partial charge in [-0.15, -0.1) is 0 Å². The van der Waals surface area contributed by atoms with Gasteiger partial charge in [0.1, 0.15) is 12.0 Å². The minimum atomic E-state index is -0.801. The molecule has 1 unspecified atom stereocenters. The number of aromatic nitrogens is 3. The maximum atomic E-state index is 13.6. The van der Waals surface area contributed by atoms with Crippen molar-refractivity contribution in [1.82, 2.24) is 19.5 Å². The third-order valence-electron chi connectivity index (χ3n) is 6.60. The molecular formula is C25H30FN7O. The number of benzene rings is 1. The summed E-state index contributed by atoms with van der Waals surface area (Å²) in [6.45, 7) is 10.3. The number of amides is 1. The van der Waals surface area contributed by atoms with E-state index in [0.29, 0.717) is 37.3 Å². The SMILES string of the molecule is C=C(Nc1ccc(N2CCN(C(=O)CC)CC2)cc1)c1cnn2ccc(N3CCC(F)C3)nc12. The Kier molecular flexibility index (Phi) is 6.08. The van der Waals surface area contributed by atoms with E-state index in [0.717, 1.165) is 48.9 Å². The topological polar surface area (TPSA) is 69.0 Å². The molecule has 2 aromatic heterocycles. The van der Waals surface area contributed by atoms with Crippen LogP contribution in [0.3, 0.4) is 0 Å². The third kappa shape index (κ3) is 4.42. The molecule has 1 N–H and O–H groups in total. The quantitative estimate of drug-likeness (QED) is 0.604. The first-order valence-electron chi connectivity index (χ1n) is 11.8. The van der Waals surface area contributed by atoms with Crippen molar-refractivity contribution in [1.29, 1.82) is 0 Å². The first-order chi connectivity index (χ1) is 16.5. The van der Waals surface area contributed by atoms with E-state index in [4.69, 9.17) is 4.98 Å². The molecule has 4 heterocycles. The van der Waals surface area contributed by atoms with Crippen molar-refractivity contribution in [3.8, 4) is 0 Å². The fraction of sp³-hybridized carbons (Fsp3) is 0.400. The highest BCUT2D eigenvalue weighted by Gasteiger charge is 2.24. The fourth-order valence-corrected chi connectivity index (χ4v) is 4.61. The van der Waals surface area contributed by atoms with Crippen LogP contribution in [0, 0.1) is 0 Å². The molecule has 1 amide bonds. The van der Waals surface area contributed by atoms with Crippen molar-refractivity contribution in [2.45, 2.75) is 25.9 Å². The largest absolute Gasteiger partial charge is 0.368 e. The van der Waals surface area contributed by atoms with Crippen molar-refractivity contribution in [2.75, 3.05) is 54.4 Å². The first kappa shape index (κ1) is 22.2. The van der Waals surface area contributed by atoms with Crippen molar-refractivity contribution in [2.24, 2.45) is 0 Å². The normalized spacial score (nSPS) is 18.5. The summed E-state index contributed by atoms with van der Waals surface area (Å²) in [4.78, 5) is 22.8. The molecule has 34 heavy (non-hydrogen) atoms. The van der Waals surface area contributed by atoms with Crippen LogP contribution in [0.5, 0.6) is 0 Å². The van der Waals surface area contributed by atoms with Gasteiger partial charge in [-0.3, -0.25) is 4.79 Å². The summed E-state index contributed by atoms with van der Waals surface area (Å²) in [5.41, 5.74) is 4.25. The molecule has 0 bridgehead atoms. The number of nitrogens with one attached hydrogen (secondary N) is 1. The van der Waals surface area contributed by atoms with Crippen molar-refractivity contribution in [3.05, 3.63) is 54.9 Å². The molecule has 0 radical (unpaired) electrons. The van der Waals surface area contributed by atoms with Crippen LogP contribution in [0.2, 0.25) is 0 Å². The van der Waals surface area contributed by atoms with Crippen molar-refractivity contribution in [3.63, 3.8) is 0 Å². The summed E-state index contributed by atoms with van der Waals surface area (Å²) in [6, 6.07) is 10.1. The van der Waals surface area contributed by atoms with Gasteiger partial charge in [-0.2, -0.15) is 5.10 Å². The zero-order valence-corrected chi connectivity index (χ0v) is 19.5. The van der Waals surface area contributed by atoms with E-state index in [1.54, 1.807) is 10.7 Å². The monoisotopic (exact) mass is 463 g/mol. The number of anilines is 3. The lowest BCUT2D eigenvalue weighted by Gasteiger charge is -2.36. The number of nitrogens with zero attached hydrogens (tertiary/aromatic N) is 6. The summed E-state index contributed by atoms with van der Waals surface area (Å²) in [6.07, 6.45) is 3.89. The molecule has 5 rings (SSSR count). The van der Waals surface area contributed by atoms with Gasteiger partial charge in [-0.05, 0) is 36.8 Å². The van der Waals surface area contributed by atoms with E-state index >= 15 is 0 Å². The molecule has 2 aliphatic heterocycles. The second kappa shape index (κ2) is 9.32. The molecular weight excluding hydrogens is 433 g/mol. The van der Waals surface area contributed by atoms with Crippen LogP contribution in [0.15, 0.2) is 49.3 Å². The number of hydrogen-bond acceptors (Lipinski definition) is 6. The average molecular weight is 464 g/mol. The fourth-order valence-electron chi connectivity index (χ4n) is 4.61. The van der Waals surface area contributed by atoms with E-state index in [-0.39, 0.29) is 5.91 Å². The Morgan fingerprint density at radius 1 is 1.12 bits per heavy atom. The number of rotatable bonds is 6. The summed E-state index contributed by atoms with van der Waals surface area (Å²) < 4.78 is 15.4. The highest BCUT2D eigenvalue weighted by atomic mass is 19.1. The van der Waals surface area contributed by atoms with Gasteiger partial charge in [0.2, 0.25) is 5.91 Å². The van der Waals surface area contributed by atoms with E-state index in [1.807, 2.05) is 41.1 Å². The minimum Gasteiger partial charge on any atom is -0.368 e. The molecule has 0 spiro atoms. The predicted octanol–water partition coefficient (Wildman–Crippen LogP) is 3.42. The maximum Gasteiger partial charge on any atom is 0.222 e. The van der Waals surface area contributed by atoms with Crippen molar-refractivity contribution < 1.29 is 9.18 Å². The zero-order chi connectivity index (χ0) is 23.7. The van der Waals surface area contributed by atoms with Crippen LogP contribution in [0.4, 0.5) is 21.6 Å². The average Bonchev–Trinajstić information content (AvgIpc) is 3.50. The number of carbonyl (C=O) groups excluding carboxylic acids is 1. The number of carbonyl (C=O) groups is 1. The Morgan fingerprint density at radius 2 is 1.88 bits per heavy atom. The Hall–Kier alpha value is -3.62. The van der Waals surface area contributed by atoms with Gasteiger partial charge in [-0.25, -0.2) is 13.9 Å². The van der Waals surface area contributed by atoms with Crippen LogP contribution in [-0.2, 0) is 4.79 Å². The molecule has 2 aliphatic rings. The Labute approximate surface area is 198 Å². The molecule has 178 valence electrons. The molecule has 3 aromatic rings. The summed E-state index contributed by atoms with van der Waals surface area (Å²) in [7, 11) is 0. The van der Waals surface area contributed by atoms with Crippen LogP contribution in [0.1, 0.15) is 25.3 Å². The predicted molar refractivity (Wildman–Crippen MR) is 133 cm³/mol. The molecule has 0 aliphatic carbocycles. The first-order valence-corrected chi connectivity index (χ1v) is 11.8. The smallest absolute Gasteiger partial charge is 0.222 e. The number of fused-ring (bicyclic) bond motifs is 1. The number of alkyl halides is 1. The minimum absolute atomic E-state index is 0.221. The molecule has 8 nitrogen and oxygen atoms in total. The van der Waals surface area contributed by atoms with E-state index in [1.165, 1.54) is 0 Å². The molecule has 1 aromatic carbocycles. The second-order valence-corrected chi connectivity index (χ2v) is 8.82. The molecule has 1 atom stereocenters.